The van der Waals surface area contributed by atoms with E-state index in [0.29, 0.717) is 17.9 Å². The van der Waals surface area contributed by atoms with Crippen LogP contribution in [0.25, 0.3) is 0 Å². The van der Waals surface area contributed by atoms with Crippen LogP contribution in [0.1, 0.15) is 49.2 Å². The van der Waals surface area contributed by atoms with Crippen molar-refractivity contribution in [3.05, 3.63) is 28.3 Å². The van der Waals surface area contributed by atoms with E-state index in [4.69, 9.17) is 11.6 Å². The minimum absolute atomic E-state index is 0.0459. The van der Waals surface area contributed by atoms with Crippen molar-refractivity contribution in [3.8, 4) is 0 Å². The van der Waals surface area contributed by atoms with Crippen LogP contribution in [0.15, 0.2) is 11.1 Å². The number of carbonyl (C=O) groups is 1. The number of aryl methyl sites for hydroxylation is 2. The molecule has 13 heteroatoms. The highest BCUT2D eigenvalue weighted by Crippen LogP contribution is 2.45. The SMILES string of the molecule is CCn1cc(S(=O)(=O)N2CCN(C(=O)Cn3nc(C(F)F)c(Cl)c3C3CC3)CC2)c(C)n1. The Morgan fingerprint density at radius 3 is 2.41 bits per heavy atom. The first-order chi connectivity index (χ1) is 15.1. The first-order valence-electron chi connectivity index (χ1n) is 10.5. The topological polar surface area (TPSA) is 93.3 Å². The predicted octanol–water partition coefficient (Wildman–Crippen LogP) is 2.41. The summed E-state index contributed by atoms with van der Waals surface area (Å²) in [5, 5.41) is 8.03. The quantitative estimate of drug-likeness (QED) is 0.594. The molecule has 9 nitrogen and oxygen atoms in total. The van der Waals surface area contributed by atoms with E-state index in [1.165, 1.54) is 20.1 Å². The summed E-state index contributed by atoms with van der Waals surface area (Å²) >= 11 is 6.11. The molecule has 0 aromatic carbocycles. The highest BCUT2D eigenvalue weighted by Gasteiger charge is 2.36. The molecular formula is C19H25ClF2N6O3S. The third-order valence-corrected chi connectivity index (χ3v) is 8.24. The predicted molar refractivity (Wildman–Crippen MR) is 112 cm³/mol. The van der Waals surface area contributed by atoms with Gasteiger partial charge in [0.2, 0.25) is 15.9 Å². The van der Waals surface area contributed by atoms with E-state index in [-0.39, 0.29) is 54.5 Å². The molecule has 2 aliphatic rings. The molecule has 0 unspecified atom stereocenters. The zero-order chi connectivity index (χ0) is 23.2. The number of nitrogens with zero attached hydrogens (tertiary/aromatic N) is 6. The lowest BCUT2D eigenvalue weighted by Gasteiger charge is -2.34. The van der Waals surface area contributed by atoms with Gasteiger partial charge < -0.3 is 4.90 Å². The van der Waals surface area contributed by atoms with Crippen molar-refractivity contribution < 1.29 is 22.0 Å². The Morgan fingerprint density at radius 1 is 1.22 bits per heavy atom. The van der Waals surface area contributed by atoms with Crippen molar-refractivity contribution >= 4 is 27.5 Å². The van der Waals surface area contributed by atoms with E-state index < -0.39 is 22.1 Å². The molecule has 1 saturated carbocycles. The Kier molecular flexibility index (Phi) is 6.29. The van der Waals surface area contributed by atoms with Crippen molar-refractivity contribution in [2.24, 2.45) is 0 Å². The van der Waals surface area contributed by atoms with Crippen LogP contribution >= 0.6 is 11.6 Å². The molecule has 1 saturated heterocycles. The second-order valence-electron chi connectivity index (χ2n) is 8.04. The third-order valence-electron chi connectivity index (χ3n) is 5.85. The molecule has 0 atom stereocenters. The lowest BCUT2D eigenvalue weighted by molar-refractivity contribution is -0.133. The summed E-state index contributed by atoms with van der Waals surface area (Å²) in [5.74, 6) is -0.261. The molecule has 1 aliphatic heterocycles. The maximum Gasteiger partial charge on any atom is 0.283 e. The average Bonchev–Trinajstić information content (AvgIpc) is 3.43. The van der Waals surface area contributed by atoms with Gasteiger partial charge in [0.25, 0.3) is 6.43 Å². The summed E-state index contributed by atoms with van der Waals surface area (Å²) in [6.45, 7) is 4.57. The third kappa shape index (κ3) is 4.27. The Bertz CT molecular complexity index is 1120. The normalized spacial score (nSPS) is 18.0. The zero-order valence-corrected chi connectivity index (χ0v) is 19.4. The molecule has 2 aromatic heterocycles. The van der Waals surface area contributed by atoms with Gasteiger partial charge in [-0.1, -0.05) is 11.6 Å². The summed E-state index contributed by atoms with van der Waals surface area (Å²) in [7, 11) is -3.72. The second kappa shape index (κ2) is 8.71. The number of piperazine rings is 1. The molecule has 2 aromatic rings. The molecule has 1 aliphatic carbocycles. The van der Waals surface area contributed by atoms with E-state index >= 15 is 0 Å². The first-order valence-corrected chi connectivity index (χ1v) is 12.3. The number of carbonyl (C=O) groups excluding carboxylic acids is 1. The van der Waals surface area contributed by atoms with Gasteiger partial charge in [-0.2, -0.15) is 14.5 Å². The van der Waals surface area contributed by atoms with Crippen LogP contribution in [0.3, 0.4) is 0 Å². The summed E-state index contributed by atoms with van der Waals surface area (Å²) in [6, 6.07) is 0. The maximum atomic E-state index is 13.2. The van der Waals surface area contributed by atoms with Gasteiger partial charge >= 0.3 is 0 Å². The van der Waals surface area contributed by atoms with Crippen LogP contribution in [0.2, 0.25) is 5.02 Å². The Morgan fingerprint density at radius 2 is 1.88 bits per heavy atom. The molecule has 0 N–H and O–H groups in total. The van der Waals surface area contributed by atoms with Crippen molar-refractivity contribution in [1.82, 2.24) is 28.8 Å². The molecule has 32 heavy (non-hydrogen) atoms. The Balaban J connectivity index is 1.43. The van der Waals surface area contributed by atoms with Crippen molar-refractivity contribution in [3.63, 3.8) is 0 Å². The molecule has 4 rings (SSSR count). The highest BCUT2D eigenvalue weighted by molar-refractivity contribution is 7.89. The Labute approximate surface area is 190 Å². The fourth-order valence-electron chi connectivity index (χ4n) is 3.94. The minimum Gasteiger partial charge on any atom is -0.338 e. The molecule has 0 bridgehead atoms. The summed E-state index contributed by atoms with van der Waals surface area (Å²) in [5.41, 5.74) is 0.420. The van der Waals surface area contributed by atoms with Gasteiger partial charge in [-0.3, -0.25) is 14.2 Å². The number of aromatic nitrogens is 4. The van der Waals surface area contributed by atoms with Crippen LogP contribution in [0.5, 0.6) is 0 Å². The second-order valence-corrected chi connectivity index (χ2v) is 10.3. The van der Waals surface area contributed by atoms with Gasteiger partial charge in [-0.05, 0) is 26.7 Å². The zero-order valence-electron chi connectivity index (χ0n) is 17.8. The summed E-state index contributed by atoms with van der Waals surface area (Å²) in [6.07, 6.45) is 0.356. The number of rotatable bonds is 7. The van der Waals surface area contributed by atoms with Crippen LogP contribution in [0, 0.1) is 6.92 Å². The standard InChI is InChI=1S/C19H25ClF2N6O3S/c1-3-26-10-14(12(2)23-26)32(30,31)27-8-6-25(7-9-27)15(29)11-28-18(13-4-5-13)16(20)17(24-28)19(21)22/h10,13,19H,3-9,11H2,1-2H3. The number of hydrogen-bond donors (Lipinski definition) is 0. The van der Waals surface area contributed by atoms with Crippen molar-refractivity contribution in [1.29, 1.82) is 0 Å². The van der Waals surface area contributed by atoms with Crippen LogP contribution in [-0.2, 0) is 27.9 Å². The Hall–Kier alpha value is -2.05. The van der Waals surface area contributed by atoms with Gasteiger partial charge in [-0.25, -0.2) is 17.2 Å². The summed E-state index contributed by atoms with van der Waals surface area (Å²) < 4.78 is 56.7. The largest absolute Gasteiger partial charge is 0.338 e. The van der Waals surface area contributed by atoms with Crippen LogP contribution in [0.4, 0.5) is 8.78 Å². The van der Waals surface area contributed by atoms with Gasteiger partial charge in [0.15, 0.2) is 0 Å². The van der Waals surface area contributed by atoms with Gasteiger partial charge in [0.1, 0.15) is 17.1 Å². The lowest BCUT2D eigenvalue weighted by Crippen LogP contribution is -2.51. The number of alkyl halides is 2. The molecule has 2 fully saturated rings. The number of amides is 1. The lowest BCUT2D eigenvalue weighted by atomic mass is 10.2. The van der Waals surface area contributed by atoms with E-state index in [9.17, 15) is 22.0 Å². The van der Waals surface area contributed by atoms with Crippen LogP contribution in [-0.4, -0.2) is 69.3 Å². The minimum atomic E-state index is -3.72. The molecule has 0 spiro atoms. The fraction of sp³-hybridized carbons (Fsp3) is 0.632. The molecule has 1 amide bonds. The van der Waals surface area contributed by atoms with Crippen molar-refractivity contribution in [2.45, 2.75) is 57.0 Å². The number of halogens is 3. The number of sulfonamides is 1. The molecule has 176 valence electrons. The fourth-order valence-corrected chi connectivity index (χ4v) is 5.90. The van der Waals surface area contributed by atoms with E-state index in [2.05, 4.69) is 10.2 Å². The monoisotopic (exact) mass is 490 g/mol. The maximum absolute atomic E-state index is 13.2. The molecule has 3 heterocycles. The highest BCUT2D eigenvalue weighted by atomic mass is 35.5. The van der Waals surface area contributed by atoms with Crippen molar-refractivity contribution in [2.75, 3.05) is 26.2 Å². The molecule has 0 radical (unpaired) electrons. The van der Waals surface area contributed by atoms with Gasteiger partial charge in [0, 0.05) is 44.8 Å². The van der Waals surface area contributed by atoms with Crippen LogP contribution < -0.4 is 0 Å². The smallest absolute Gasteiger partial charge is 0.283 e. The van der Waals surface area contributed by atoms with Gasteiger partial charge in [-0.15, -0.1) is 0 Å². The van der Waals surface area contributed by atoms with E-state index in [0.717, 1.165) is 12.8 Å². The average molecular weight is 491 g/mol. The van der Waals surface area contributed by atoms with E-state index in [1.807, 2.05) is 6.92 Å². The van der Waals surface area contributed by atoms with Gasteiger partial charge in [0.05, 0.1) is 16.4 Å². The number of hydrogen-bond acceptors (Lipinski definition) is 5. The molecular weight excluding hydrogens is 466 g/mol. The summed E-state index contributed by atoms with van der Waals surface area (Å²) in [4.78, 5) is 14.5. The first kappa shape index (κ1) is 23.1. The van der Waals surface area contributed by atoms with E-state index in [1.54, 1.807) is 11.6 Å².